The zero-order valence-electron chi connectivity index (χ0n) is 11.5. The van der Waals surface area contributed by atoms with Gasteiger partial charge in [-0.3, -0.25) is 9.36 Å². The molecule has 21 heavy (non-hydrogen) atoms. The van der Waals surface area contributed by atoms with Gasteiger partial charge in [0.25, 0.3) is 5.91 Å². The van der Waals surface area contributed by atoms with Crippen LogP contribution in [-0.4, -0.2) is 25.4 Å². The molecule has 8 heteroatoms. The average molecular weight is 303 g/mol. The van der Waals surface area contributed by atoms with Crippen molar-refractivity contribution in [2.75, 3.05) is 0 Å². The molecule has 0 spiro atoms. The predicted molar refractivity (Wildman–Crippen MR) is 80.4 cm³/mol. The summed E-state index contributed by atoms with van der Waals surface area (Å²) < 4.78 is 1.49. The van der Waals surface area contributed by atoms with E-state index in [1.165, 1.54) is 15.9 Å². The van der Waals surface area contributed by atoms with E-state index in [-0.39, 0.29) is 22.9 Å². The standard InChI is InChI=1S/C13H13N5O2S/c1-6(2)18-12-9(16-13(18)20)8(10(14)19)15-11(17-12)7-3-4-21-5-7/h3-6H,1-2H3,(H2,14,19)(H,16,20). The Balaban J connectivity index is 2.41. The van der Waals surface area contributed by atoms with Crippen LogP contribution in [0, 0.1) is 0 Å². The number of rotatable bonds is 3. The zero-order chi connectivity index (χ0) is 15.1. The molecule has 0 aromatic carbocycles. The molecule has 0 aliphatic carbocycles. The van der Waals surface area contributed by atoms with E-state index in [1.54, 1.807) is 0 Å². The van der Waals surface area contributed by atoms with E-state index in [1.807, 2.05) is 30.7 Å². The second-order valence-electron chi connectivity index (χ2n) is 4.86. The van der Waals surface area contributed by atoms with E-state index in [2.05, 4.69) is 15.0 Å². The number of fused-ring (bicyclic) bond motifs is 1. The van der Waals surface area contributed by atoms with Gasteiger partial charge in [0, 0.05) is 17.0 Å². The Morgan fingerprint density at radius 1 is 1.43 bits per heavy atom. The molecule has 108 valence electrons. The van der Waals surface area contributed by atoms with Gasteiger partial charge in [0.1, 0.15) is 5.52 Å². The van der Waals surface area contributed by atoms with Crippen molar-refractivity contribution in [3.63, 3.8) is 0 Å². The van der Waals surface area contributed by atoms with Gasteiger partial charge in [0.2, 0.25) is 0 Å². The highest BCUT2D eigenvalue weighted by Gasteiger charge is 2.20. The fraction of sp³-hybridized carbons (Fsp3) is 0.231. The van der Waals surface area contributed by atoms with Gasteiger partial charge in [0.05, 0.1) is 0 Å². The lowest BCUT2D eigenvalue weighted by Crippen LogP contribution is -2.18. The Bertz CT molecular complexity index is 876. The molecule has 0 atom stereocenters. The molecule has 0 saturated carbocycles. The number of nitrogens with two attached hydrogens (primary N) is 1. The van der Waals surface area contributed by atoms with E-state index >= 15 is 0 Å². The Labute approximate surface area is 123 Å². The fourth-order valence-electron chi connectivity index (χ4n) is 2.18. The molecule has 0 radical (unpaired) electrons. The number of hydrogen-bond donors (Lipinski definition) is 2. The SMILES string of the molecule is CC(C)n1c(=O)[nH]c2c(C(N)=O)nc(-c3ccsc3)nc21. The minimum Gasteiger partial charge on any atom is -0.364 e. The van der Waals surface area contributed by atoms with E-state index in [0.29, 0.717) is 11.5 Å². The number of carbonyl (C=O) groups is 1. The number of nitrogens with one attached hydrogen (secondary N) is 1. The van der Waals surface area contributed by atoms with Crippen LogP contribution in [-0.2, 0) is 0 Å². The topological polar surface area (TPSA) is 107 Å². The second-order valence-corrected chi connectivity index (χ2v) is 5.64. The maximum Gasteiger partial charge on any atom is 0.327 e. The van der Waals surface area contributed by atoms with Crippen LogP contribution in [0.4, 0.5) is 0 Å². The molecular formula is C13H13N5O2S. The van der Waals surface area contributed by atoms with Crippen molar-refractivity contribution in [1.82, 2.24) is 19.5 Å². The van der Waals surface area contributed by atoms with Gasteiger partial charge < -0.3 is 10.7 Å². The van der Waals surface area contributed by atoms with Crippen LogP contribution in [0.2, 0.25) is 0 Å². The number of imidazole rings is 1. The highest BCUT2D eigenvalue weighted by atomic mass is 32.1. The molecular weight excluding hydrogens is 290 g/mol. The summed E-state index contributed by atoms with van der Waals surface area (Å²) in [6.07, 6.45) is 0. The molecule has 0 aliphatic heterocycles. The van der Waals surface area contributed by atoms with Crippen molar-refractivity contribution in [1.29, 1.82) is 0 Å². The lowest BCUT2D eigenvalue weighted by Gasteiger charge is -2.07. The number of nitrogens with zero attached hydrogens (tertiary/aromatic N) is 3. The number of thiophene rings is 1. The lowest BCUT2D eigenvalue weighted by atomic mass is 10.2. The summed E-state index contributed by atoms with van der Waals surface area (Å²) in [6.45, 7) is 3.73. The average Bonchev–Trinajstić information content (AvgIpc) is 3.02. The molecule has 1 amide bonds. The van der Waals surface area contributed by atoms with Crippen molar-refractivity contribution >= 4 is 28.4 Å². The Morgan fingerprint density at radius 2 is 2.19 bits per heavy atom. The van der Waals surface area contributed by atoms with Gasteiger partial charge in [-0.25, -0.2) is 14.8 Å². The van der Waals surface area contributed by atoms with Crippen LogP contribution in [0.15, 0.2) is 21.6 Å². The first kappa shape index (κ1) is 13.5. The minimum atomic E-state index is -0.698. The molecule has 7 nitrogen and oxygen atoms in total. The highest BCUT2D eigenvalue weighted by molar-refractivity contribution is 7.08. The molecule has 3 rings (SSSR count). The molecule has 3 N–H and O–H groups in total. The number of aromatic amines is 1. The third-order valence-corrected chi connectivity index (χ3v) is 3.78. The maximum absolute atomic E-state index is 12.0. The fourth-order valence-corrected chi connectivity index (χ4v) is 2.81. The van der Waals surface area contributed by atoms with Gasteiger partial charge in [-0.1, -0.05) is 0 Å². The van der Waals surface area contributed by atoms with E-state index in [4.69, 9.17) is 5.73 Å². The van der Waals surface area contributed by atoms with Gasteiger partial charge >= 0.3 is 5.69 Å². The number of hydrogen-bond acceptors (Lipinski definition) is 5. The summed E-state index contributed by atoms with van der Waals surface area (Å²) in [6, 6.07) is 1.75. The molecule has 0 fully saturated rings. The monoisotopic (exact) mass is 303 g/mol. The van der Waals surface area contributed by atoms with Crippen LogP contribution in [0.3, 0.4) is 0 Å². The Kier molecular flexibility index (Phi) is 3.09. The van der Waals surface area contributed by atoms with Crippen molar-refractivity contribution in [3.05, 3.63) is 33.0 Å². The smallest absolute Gasteiger partial charge is 0.327 e. The van der Waals surface area contributed by atoms with Crippen molar-refractivity contribution in [2.24, 2.45) is 5.73 Å². The molecule has 0 bridgehead atoms. The summed E-state index contributed by atoms with van der Waals surface area (Å²) in [7, 11) is 0. The normalized spacial score (nSPS) is 11.4. The number of aromatic nitrogens is 4. The summed E-state index contributed by atoms with van der Waals surface area (Å²) in [5, 5.41) is 3.76. The van der Waals surface area contributed by atoms with Gasteiger partial charge in [0.15, 0.2) is 17.2 Å². The van der Waals surface area contributed by atoms with Crippen molar-refractivity contribution in [2.45, 2.75) is 19.9 Å². The van der Waals surface area contributed by atoms with Crippen LogP contribution in [0.25, 0.3) is 22.6 Å². The van der Waals surface area contributed by atoms with E-state index in [0.717, 1.165) is 5.56 Å². The van der Waals surface area contributed by atoms with Crippen LogP contribution < -0.4 is 11.4 Å². The third-order valence-electron chi connectivity index (χ3n) is 3.10. The molecule has 0 saturated heterocycles. The first-order chi connectivity index (χ1) is 9.99. The van der Waals surface area contributed by atoms with Crippen LogP contribution >= 0.6 is 11.3 Å². The molecule has 3 aromatic heterocycles. The molecule has 3 aromatic rings. The largest absolute Gasteiger partial charge is 0.364 e. The predicted octanol–water partition coefficient (Wildman–Crippen LogP) is 1.53. The maximum atomic E-state index is 12.0. The molecule has 0 unspecified atom stereocenters. The summed E-state index contributed by atoms with van der Waals surface area (Å²) >= 11 is 1.50. The van der Waals surface area contributed by atoms with E-state index in [9.17, 15) is 9.59 Å². The Morgan fingerprint density at radius 3 is 2.76 bits per heavy atom. The van der Waals surface area contributed by atoms with Crippen molar-refractivity contribution < 1.29 is 4.79 Å². The number of primary amides is 1. The van der Waals surface area contributed by atoms with Gasteiger partial charge in [-0.2, -0.15) is 11.3 Å². The summed E-state index contributed by atoms with van der Waals surface area (Å²) in [5.41, 5.74) is 6.52. The first-order valence-electron chi connectivity index (χ1n) is 6.33. The lowest BCUT2D eigenvalue weighted by molar-refractivity contribution is 0.0997. The number of carbonyl (C=O) groups excluding carboxylic acids is 1. The van der Waals surface area contributed by atoms with Crippen molar-refractivity contribution in [3.8, 4) is 11.4 Å². The number of amides is 1. The summed E-state index contributed by atoms with van der Waals surface area (Å²) in [4.78, 5) is 34.9. The first-order valence-corrected chi connectivity index (χ1v) is 7.28. The van der Waals surface area contributed by atoms with E-state index < -0.39 is 5.91 Å². The summed E-state index contributed by atoms with van der Waals surface area (Å²) in [5.74, 6) is -0.318. The second kappa shape index (κ2) is 4.81. The molecule has 3 heterocycles. The highest BCUT2D eigenvalue weighted by Crippen LogP contribution is 2.23. The quantitative estimate of drug-likeness (QED) is 0.765. The zero-order valence-corrected chi connectivity index (χ0v) is 12.3. The van der Waals surface area contributed by atoms with Gasteiger partial charge in [-0.15, -0.1) is 0 Å². The van der Waals surface area contributed by atoms with Crippen LogP contribution in [0.1, 0.15) is 30.4 Å². The van der Waals surface area contributed by atoms with Gasteiger partial charge in [-0.05, 0) is 25.3 Å². The minimum absolute atomic E-state index is 0.0256. The molecule has 0 aliphatic rings. The Hall–Kier alpha value is -2.48. The number of H-pyrrole nitrogens is 1. The van der Waals surface area contributed by atoms with Crippen LogP contribution in [0.5, 0.6) is 0 Å². The third kappa shape index (κ3) is 2.13.